The molecule has 5 unspecified atom stereocenters. The molecule has 1 rings (SSSR count). The van der Waals surface area contributed by atoms with E-state index in [1.165, 1.54) is 0 Å². The highest BCUT2D eigenvalue weighted by molar-refractivity contribution is 4.96. The predicted molar refractivity (Wildman–Crippen MR) is 79.1 cm³/mol. The van der Waals surface area contributed by atoms with Gasteiger partial charge in [0.2, 0.25) is 0 Å². The molecule has 6 nitrogen and oxygen atoms in total. The molecule has 118 valence electrons. The molecule has 1 fully saturated rings. The molecule has 0 bridgehead atoms. The lowest BCUT2D eigenvalue weighted by Crippen LogP contribution is -2.36. The summed E-state index contributed by atoms with van der Waals surface area (Å²) in [5.41, 5.74) is 5.25. The highest BCUT2D eigenvalue weighted by atomic mass is 16.3. The molecular formula is C14H28N2O4. The number of nitrogens with one attached hydrogen (secondary N) is 1. The van der Waals surface area contributed by atoms with Gasteiger partial charge in [0.1, 0.15) is 0 Å². The van der Waals surface area contributed by atoms with Gasteiger partial charge in [-0.1, -0.05) is 24.3 Å². The topological polar surface area (TPSA) is 119 Å². The zero-order valence-electron chi connectivity index (χ0n) is 12.2. The van der Waals surface area contributed by atoms with Gasteiger partial charge >= 0.3 is 0 Å². The van der Waals surface area contributed by atoms with Crippen LogP contribution in [0, 0.1) is 5.92 Å². The van der Waals surface area contributed by atoms with E-state index < -0.39 is 24.4 Å². The average Bonchev–Trinajstić information content (AvgIpc) is 2.85. The van der Waals surface area contributed by atoms with Crippen molar-refractivity contribution in [1.29, 1.82) is 0 Å². The normalized spacial score (nSPS) is 27.4. The van der Waals surface area contributed by atoms with Crippen molar-refractivity contribution in [2.45, 2.75) is 38.2 Å². The molecule has 1 aliphatic heterocycles. The molecule has 1 aliphatic rings. The Morgan fingerprint density at radius 3 is 2.20 bits per heavy atom. The summed E-state index contributed by atoms with van der Waals surface area (Å²) >= 11 is 0. The molecule has 0 aromatic heterocycles. The SMILES string of the molecule is C/C=C/C(O)C(N)CO.C/C=C/C(O)C1CNCC1O. The number of aliphatic hydroxyl groups is 4. The number of β-amino-alcohol motifs (C(OH)–C–C–N with tert-alkyl or cyclic N) is 1. The lowest BCUT2D eigenvalue weighted by atomic mass is 9.99. The fourth-order valence-corrected chi connectivity index (χ4v) is 1.82. The van der Waals surface area contributed by atoms with Crippen LogP contribution in [0.1, 0.15) is 13.8 Å². The lowest BCUT2D eigenvalue weighted by molar-refractivity contribution is 0.0681. The molecule has 0 aromatic rings. The summed E-state index contributed by atoms with van der Waals surface area (Å²) in [5, 5.41) is 39.1. The van der Waals surface area contributed by atoms with Gasteiger partial charge < -0.3 is 31.5 Å². The number of aliphatic hydroxyl groups excluding tert-OH is 4. The number of hydrogen-bond donors (Lipinski definition) is 6. The molecule has 5 atom stereocenters. The van der Waals surface area contributed by atoms with Crippen LogP contribution in [0.15, 0.2) is 24.3 Å². The monoisotopic (exact) mass is 288 g/mol. The van der Waals surface area contributed by atoms with Crippen LogP contribution in [0.2, 0.25) is 0 Å². The van der Waals surface area contributed by atoms with Crippen molar-refractivity contribution in [2.24, 2.45) is 11.7 Å². The van der Waals surface area contributed by atoms with Gasteiger partial charge in [0.25, 0.3) is 0 Å². The summed E-state index contributed by atoms with van der Waals surface area (Å²) in [5.74, 6) is -0.0359. The molecule has 0 amide bonds. The van der Waals surface area contributed by atoms with Crippen LogP contribution >= 0.6 is 0 Å². The van der Waals surface area contributed by atoms with Gasteiger partial charge in [0.15, 0.2) is 0 Å². The van der Waals surface area contributed by atoms with E-state index >= 15 is 0 Å². The smallest absolute Gasteiger partial charge is 0.0894 e. The van der Waals surface area contributed by atoms with Crippen LogP contribution in [0.3, 0.4) is 0 Å². The Balaban J connectivity index is 0.000000370. The van der Waals surface area contributed by atoms with E-state index in [0.29, 0.717) is 13.1 Å². The molecule has 1 saturated heterocycles. The van der Waals surface area contributed by atoms with Gasteiger partial charge in [-0.25, -0.2) is 0 Å². The van der Waals surface area contributed by atoms with Gasteiger partial charge in [0.05, 0.1) is 31.0 Å². The van der Waals surface area contributed by atoms with Gasteiger partial charge in [-0.2, -0.15) is 0 Å². The maximum atomic E-state index is 9.43. The van der Waals surface area contributed by atoms with Gasteiger partial charge in [-0.15, -0.1) is 0 Å². The van der Waals surface area contributed by atoms with Crippen molar-refractivity contribution >= 4 is 0 Å². The fourth-order valence-electron chi connectivity index (χ4n) is 1.82. The first-order valence-corrected chi connectivity index (χ1v) is 6.84. The first-order chi connectivity index (χ1) is 9.47. The molecule has 0 aromatic carbocycles. The summed E-state index contributed by atoms with van der Waals surface area (Å²) in [6.45, 7) is 4.75. The molecule has 7 N–H and O–H groups in total. The average molecular weight is 288 g/mol. The Labute approximate surface area is 120 Å². The summed E-state index contributed by atoms with van der Waals surface area (Å²) in [6.07, 6.45) is 5.11. The number of nitrogens with two attached hydrogens (primary N) is 1. The quantitative estimate of drug-likeness (QED) is 0.352. The second-order valence-electron chi connectivity index (χ2n) is 4.77. The third-order valence-corrected chi connectivity index (χ3v) is 3.10. The largest absolute Gasteiger partial charge is 0.395 e. The van der Waals surface area contributed by atoms with Crippen LogP contribution in [0.25, 0.3) is 0 Å². The van der Waals surface area contributed by atoms with Crippen LogP contribution in [0.5, 0.6) is 0 Å². The predicted octanol–water partition coefficient (Wildman–Crippen LogP) is -1.25. The van der Waals surface area contributed by atoms with Crippen LogP contribution in [-0.2, 0) is 0 Å². The third kappa shape index (κ3) is 7.14. The molecule has 1 heterocycles. The maximum absolute atomic E-state index is 9.43. The van der Waals surface area contributed by atoms with Crippen molar-refractivity contribution in [2.75, 3.05) is 19.7 Å². The second kappa shape index (κ2) is 11.0. The standard InChI is InChI=1S/C8H15NO2.C6H13NO2/c1-2-3-7(10)6-4-9-5-8(6)11;1-2-3-6(9)5(7)4-8/h2-3,6-11H,4-5H2,1H3;2-3,5-6,8-9H,4,7H2,1H3/b2*3-2+. The van der Waals surface area contributed by atoms with E-state index in [1.54, 1.807) is 31.2 Å². The number of rotatable bonds is 5. The minimum atomic E-state index is -0.722. The van der Waals surface area contributed by atoms with E-state index in [9.17, 15) is 10.2 Å². The van der Waals surface area contributed by atoms with E-state index in [0.717, 1.165) is 0 Å². The second-order valence-corrected chi connectivity index (χ2v) is 4.77. The molecule has 0 spiro atoms. The molecule has 0 radical (unpaired) electrons. The number of allylic oxidation sites excluding steroid dienone is 2. The number of hydrogen-bond acceptors (Lipinski definition) is 6. The molecule has 6 heteroatoms. The zero-order valence-corrected chi connectivity index (χ0v) is 12.2. The Morgan fingerprint density at radius 2 is 1.80 bits per heavy atom. The van der Waals surface area contributed by atoms with Crippen LogP contribution in [0.4, 0.5) is 0 Å². The van der Waals surface area contributed by atoms with Crippen molar-refractivity contribution in [1.82, 2.24) is 5.32 Å². The Hall–Kier alpha value is -0.760. The maximum Gasteiger partial charge on any atom is 0.0894 e. The fraction of sp³-hybridized carbons (Fsp3) is 0.714. The minimum Gasteiger partial charge on any atom is -0.395 e. The Kier molecular flexibility index (Phi) is 10.5. The molecule has 0 saturated carbocycles. The lowest BCUT2D eigenvalue weighted by Gasteiger charge is -2.16. The molecule has 0 aliphatic carbocycles. The van der Waals surface area contributed by atoms with E-state index in [-0.39, 0.29) is 12.5 Å². The Bertz CT molecular complexity index is 297. The van der Waals surface area contributed by atoms with Crippen LogP contribution in [-0.4, -0.2) is 64.5 Å². The first kappa shape index (κ1) is 19.2. The van der Waals surface area contributed by atoms with Crippen molar-refractivity contribution < 1.29 is 20.4 Å². The summed E-state index contributed by atoms with van der Waals surface area (Å²) in [6, 6.07) is -0.554. The van der Waals surface area contributed by atoms with Crippen molar-refractivity contribution in [3.63, 3.8) is 0 Å². The van der Waals surface area contributed by atoms with Crippen LogP contribution < -0.4 is 11.1 Å². The van der Waals surface area contributed by atoms with E-state index in [1.807, 2.05) is 6.92 Å². The summed E-state index contributed by atoms with van der Waals surface area (Å²) in [7, 11) is 0. The minimum absolute atomic E-state index is 0.0359. The summed E-state index contributed by atoms with van der Waals surface area (Å²) < 4.78 is 0. The summed E-state index contributed by atoms with van der Waals surface area (Å²) in [4.78, 5) is 0. The molecule has 20 heavy (non-hydrogen) atoms. The van der Waals surface area contributed by atoms with Gasteiger partial charge in [0, 0.05) is 19.0 Å². The Morgan fingerprint density at radius 1 is 1.20 bits per heavy atom. The van der Waals surface area contributed by atoms with Gasteiger partial charge in [-0.05, 0) is 13.8 Å². The van der Waals surface area contributed by atoms with E-state index in [4.69, 9.17) is 15.9 Å². The van der Waals surface area contributed by atoms with Crippen molar-refractivity contribution in [3.8, 4) is 0 Å². The zero-order chi connectivity index (χ0) is 15.5. The van der Waals surface area contributed by atoms with Crippen molar-refractivity contribution in [3.05, 3.63) is 24.3 Å². The van der Waals surface area contributed by atoms with E-state index in [2.05, 4.69) is 5.32 Å². The van der Waals surface area contributed by atoms with Gasteiger partial charge in [-0.3, -0.25) is 0 Å². The molecular weight excluding hydrogens is 260 g/mol. The highest BCUT2D eigenvalue weighted by Gasteiger charge is 2.29. The highest BCUT2D eigenvalue weighted by Crippen LogP contribution is 2.14. The first-order valence-electron chi connectivity index (χ1n) is 6.84. The third-order valence-electron chi connectivity index (χ3n) is 3.10.